The van der Waals surface area contributed by atoms with Crippen LogP contribution in [-0.4, -0.2) is 44.8 Å². The van der Waals surface area contributed by atoms with Crippen LogP contribution >= 0.6 is 0 Å². The molecule has 0 bridgehead atoms. The molecule has 0 aliphatic carbocycles. The molecule has 3 aromatic rings. The number of aromatic nitrogens is 3. The van der Waals surface area contributed by atoms with Gasteiger partial charge in [0, 0.05) is 36.6 Å². The first kappa shape index (κ1) is 19.1. The van der Waals surface area contributed by atoms with Gasteiger partial charge in [-0.1, -0.05) is 13.0 Å². The van der Waals surface area contributed by atoms with Crippen LogP contribution in [0.3, 0.4) is 0 Å². The molecule has 150 valence electrons. The zero-order valence-electron chi connectivity index (χ0n) is 16.4. The normalized spacial score (nSPS) is 14.7. The lowest BCUT2D eigenvalue weighted by atomic mass is 10.1. The van der Waals surface area contributed by atoms with Crippen LogP contribution in [0.2, 0.25) is 0 Å². The number of hydrogen-bond acceptors (Lipinski definition) is 6. The van der Waals surface area contributed by atoms with Crippen molar-refractivity contribution >= 4 is 11.5 Å². The minimum absolute atomic E-state index is 0.186. The summed E-state index contributed by atoms with van der Waals surface area (Å²) in [5.41, 5.74) is 3.72. The molecule has 1 aliphatic rings. The molecular weight excluding hydrogens is 366 g/mol. The van der Waals surface area contributed by atoms with Crippen molar-refractivity contribution < 1.29 is 9.84 Å². The van der Waals surface area contributed by atoms with E-state index in [1.54, 1.807) is 29.1 Å². The lowest BCUT2D eigenvalue weighted by Crippen LogP contribution is -2.29. The van der Waals surface area contributed by atoms with Crippen molar-refractivity contribution in [1.82, 2.24) is 14.8 Å². The molecule has 3 N–H and O–H groups in total. The lowest BCUT2D eigenvalue weighted by molar-refractivity contribution is 0.0904. The summed E-state index contributed by atoms with van der Waals surface area (Å²) >= 11 is 0. The molecule has 4 rings (SSSR count). The third-order valence-electron chi connectivity index (χ3n) is 5.12. The summed E-state index contributed by atoms with van der Waals surface area (Å²) < 4.78 is 7.21. The molecule has 0 saturated carbocycles. The Bertz CT molecular complexity index is 1010. The van der Waals surface area contributed by atoms with Crippen molar-refractivity contribution in [2.75, 3.05) is 18.5 Å². The summed E-state index contributed by atoms with van der Waals surface area (Å²) in [6, 6.07) is 13.0. The van der Waals surface area contributed by atoms with Gasteiger partial charge in [-0.25, -0.2) is 9.67 Å². The number of hydrogen-bond donors (Lipinski definition) is 3. The maximum absolute atomic E-state index is 9.82. The Hall–Kier alpha value is -3.19. The van der Waals surface area contributed by atoms with Crippen LogP contribution in [0.25, 0.3) is 17.1 Å². The van der Waals surface area contributed by atoms with Gasteiger partial charge in [0.05, 0.1) is 23.3 Å². The summed E-state index contributed by atoms with van der Waals surface area (Å²) in [5, 5.41) is 26.1. The Labute approximate surface area is 169 Å². The molecule has 0 spiro atoms. The molecule has 2 aromatic heterocycles. The maximum Gasteiger partial charge on any atom is 0.136 e. The molecule has 3 heterocycles. The van der Waals surface area contributed by atoms with Crippen molar-refractivity contribution in [3.05, 3.63) is 54.2 Å². The summed E-state index contributed by atoms with van der Waals surface area (Å²) in [7, 11) is 0. The van der Waals surface area contributed by atoms with Gasteiger partial charge in [-0.15, -0.1) is 0 Å². The zero-order chi connectivity index (χ0) is 20.2. The minimum atomic E-state index is 0.186. The monoisotopic (exact) mass is 391 g/mol. The molecule has 7 nitrogen and oxygen atoms in total. The molecule has 29 heavy (non-hydrogen) atoms. The van der Waals surface area contributed by atoms with Gasteiger partial charge in [0.2, 0.25) is 0 Å². The van der Waals surface area contributed by atoms with Gasteiger partial charge < -0.3 is 20.6 Å². The quantitative estimate of drug-likeness (QED) is 0.552. The summed E-state index contributed by atoms with van der Waals surface area (Å²) in [6.45, 7) is 3.45. The largest absolute Gasteiger partial charge is 0.508 e. The van der Waals surface area contributed by atoms with Gasteiger partial charge in [-0.3, -0.25) is 0 Å². The van der Waals surface area contributed by atoms with E-state index >= 15 is 0 Å². The predicted molar refractivity (Wildman–Crippen MR) is 113 cm³/mol. The van der Waals surface area contributed by atoms with Gasteiger partial charge in [0.1, 0.15) is 11.6 Å². The number of anilines is 1. The van der Waals surface area contributed by atoms with Gasteiger partial charge in [0.15, 0.2) is 0 Å². The molecule has 0 amide bonds. The fourth-order valence-corrected chi connectivity index (χ4v) is 3.51. The molecular formula is C22H25N5O2. The smallest absolute Gasteiger partial charge is 0.136 e. The number of benzene rings is 1. The van der Waals surface area contributed by atoms with Crippen molar-refractivity contribution in [2.45, 2.75) is 32.2 Å². The van der Waals surface area contributed by atoms with E-state index in [1.807, 2.05) is 31.2 Å². The maximum atomic E-state index is 9.82. The van der Waals surface area contributed by atoms with E-state index in [2.05, 4.69) is 10.4 Å². The molecule has 1 aliphatic heterocycles. The summed E-state index contributed by atoms with van der Waals surface area (Å²) in [4.78, 5) is 4.87. The molecule has 7 heteroatoms. The van der Waals surface area contributed by atoms with E-state index in [0.29, 0.717) is 12.1 Å². The number of aromatic hydroxyl groups is 1. The first-order valence-corrected chi connectivity index (χ1v) is 9.92. The lowest BCUT2D eigenvalue weighted by Gasteiger charge is -2.25. The highest BCUT2D eigenvalue weighted by molar-refractivity contribution is 6.02. The van der Waals surface area contributed by atoms with Gasteiger partial charge in [-0.2, -0.15) is 5.10 Å². The van der Waals surface area contributed by atoms with E-state index in [9.17, 15) is 5.11 Å². The molecule has 0 atom stereocenters. The van der Waals surface area contributed by atoms with Crippen molar-refractivity contribution in [1.29, 1.82) is 5.41 Å². The van der Waals surface area contributed by atoms with Crippen LogP contribution in [0.15, 0.2) is 48.7 Å². The molecule has 0 unspecified atom stereocenters. The second-order valence-corrected chi connectivity index (χ2v) is 7.10. The Morgan fingerprint density at radius 2 is 2.07 bits per heavy atom. The number of phenolic OH excluding ortho intramolecular Hbond substituents is 1. The summed E-state index contributed by atoms with van der Waals surface area (Å²) in [5.74, 6) is 0.912. The Morgan fingerprint density at radius 3 is 2.83 bits per heavy atom. The van der Waals surface area contributed by atoms with Crippen molar-refractivity contribution in [3.8, 4) is 22.8 Å². The average Bonchev–Trinajstić information content (AvgIpc) is 3.24. The van der Waals surface area contributed by atoms with Crippen LogP contribution < -0.4 is 5.32 Å². The van der Waals surface area contributed by atoms with Crippen LogP contribution in [0.1, 0.15) is 31.7 Å². The standard InChI is InChI=1S/C22H25N5O2/c1-2-19(23)18-6-7-20(26-22(18)25-15-9-12-29-13-10-15)21-8-11-24-27(21)16-4-3-5-17(28)14-16/h3-8,11,14-15,23,28H,2,9-10,12-13H2,1H3,(H,25,26). The average molecular weight is 391 g/mol. The van der Waals surface area contributed by atoms with E-state index in [4.69, 9.17) is 15.1 Å². The van der Waals surface area contributed by atoms with E-state index in [0.717, 1.165) is 54.5 Å². The fraction of sp³-hybridized carbons (Fsp3) is 0.318. The fourth-order valence-electron chi connectivity index (χ4n) is 3.51. The van der Waals surface area contributed by atoms with Gasteiger partial charge >= 0.3 is 0 Å². The highest BCUT2D eigenvalue weighted by Crippen LogP contribution is 2.27. The Kier molecular flexibility index (Phi) is 5.57. The van der Waals surface area contributed by atoms with E-state index in [-0.39, 0.29) is 11.8 Å². The van der Waals surface area contributed by atoms with Crippen LogP contribution in [0.4, 0.5) is 5.82 Å². The molecule has 1 aromatic carbocycles. The zero-order valence-corrected chi connectivity index (χ0v) is 16.4. The highest BCUT2D eigenvalue weighted by atomic mass is 16.5. The van der Waals surface area contributed by atoms with E-state index in [1.165, 1.54) is 0 Å². The van der Waals surface area contributed by atoms with E-state index < -0.39 is 0 Å². The summed E-state index contributed by atoms with van der Waals surface area (Å²) in [6.07, 6.45) is 4.21. The second-order valence-electron chi connectivity index (χ2n) is 7.10. The van der Waals surface area contributed by atoms with Crippen molar-refractivity contribution in [3.63, 3.8) is 0 Å². The van der Waals surface area contributed by atoms with Crippen LogP contribution in [0.5, 0.6) is 5.75 Å². The molecule has 1 fully saturated rings. The number of nitrogens with one attached hydrogen (secondary N) is 2. The van der Waals surface area contributed by atoms with Crippen molar-refractivity contribution in [2.24, 2.45) is 0 Å². The van der Waals surface area contributed by atoms with Gasteiger partial charge in [0.25, 0.3) is 0 Å². The Balaban J connectivity index is 1.73. The SMILES string of the molecule is CCC(=N)c1ccc(-c2ccnn2-c2cccc(O)c2)nc1NC1CCOCC1. The topological polar surface area (TPSA) is 96.1 Å². The number of ether oxygens (including phenoxy) is 1. The first-order valence-electron chi connectivity index (χ1n) is 9.92. The third-order valence-corrected chi connectivity index (χ3v) is 5.12. The van der Waals surface area contributed by atoms with Gasteiger partial charge in [-0.05, 0) is 49.6 Å². The predicted octanol–water partition coefficient (Wildman–Crippen LogP) is 4.01. The third kappa shape index (κ3) is 4.14. The Morgan fingerprint density at radius 1 is 1.24 bits per heavy atom. The number of nitrogens with zero attached hydrogens (tertiary/aromatic N) is 3. The molecule has 1 saturated heterocycles. The number of phenols is 1. The highest BCUT2D eigenvalue weighted by Gasteiger charge is 2.19. The van der Waals surface area contributed by atoms with Crippen LogP contribution in [-0.2, 0) is 4.74 Å². The van der Waals surface area contributed by atoms with Crippen LogP contribution in [0, 0.1) is 5.41 Å². The molecule has 0 radical (unpaired) electrons. The number of pyridine rings is 1. The first-order chi connectivity index (χ1) is 14.2. The number of rotatable bonds is 6. The second kappa shape index (κ2) is 8.45. The minimum Gasteiger partial charge on any atom is -0.508 e.